The second-order valence-corrected chi connectivity index (χ2v) is 10.5. The van der Waals surface area contributed by atoms with E-state index in [0.29, 0.717) is 13.1 Å². The molecule has 1 aliphatic heterocycles. The summed E-state index contributed by atoms with van der Waals surface area (Å²) in [5, 5.41) is 5.92. The van der Waals surface area contributed by atoms with E-state index in [9.17, 15) is 14.4 Å². The molecule has 9 nitrogen and oxygen atoms in total. The minimum Gasteiger partial charge on any atom is -0.379 e. The number of hydrogen-bond acceptors (Lipinski definition) is 6. The van der Waals surface area contributed by atoms with Crippen LogP contribution in [-0.4, -0.2) is 99.8 Å². The molecule has 5 atom stereocenters. The number of carbonyl (C=O) groups excluding carboxylic acids is 3. The zero-order chi connectivity index (χ0) is 28.1. The van der Waals surface area contributed by atoms with Crippen LogP contribution in [0.2, 0.25) is 0 Å². The fourth-order valence-electron chi connectivity index (χ4n) is 5.63. The Balaban J connectivity index is 2.01. The van der Waals surface area contributed by atoms with E-state index in [1.165, 1.54) is 5.57 Å². The van der Waals surface area contributed by atoms with E-state index in [4.69, 9.17) is 9.47 Å². The van der Waals surface area contributed by atoms with Gasteiger partial charge in [0.25, 0.3) is 0 Å². The van der Waals surface area contributed by atoms with Gasteiger partial charge in [-0.1, -0.05) is 44.1 Å². The van der Waals surface area contributed by atoms with Gasteiger partial charge < -0.3 is 29.9 Å². The third kappa shape index (κ3) is 9.20. The molecule has 1 saturated heterocycles. The van der Waals surface area contributed by atoms with Gasteiger partial charge in [0.1, 0.15) is 0 Å². The Kier molecular flexibility index (Phi) is 14.0. The van der Waals surface area contributed by atoms with Gasteiger partial charge in [0.15, 0.2) is 0 Å². The summed E-state index contributed by atoms with van der Waals surface area (Å²) >= 11 is 0. The Hall–Kier alpha value is -2.23. The standard InChI is InChI=1S/C29H50N4O5/c1-7-21(2)29(32(4)28(36)20-30-3)25(38-6)19-27(35)33-17-11-14-23(33)24(37-5)18-26(34)31-16-15-22-12-9-8-10-13-22/h9,12-13,21,23-25,29-30H,7-8,10-11,14-20H2,1-6H3,(H,31,34). The first-order chi connectivity index (χ1) is 18.3. The van der Waals surface area contributed by atoms with Crippen LogP contribution in [0.3, 0.4) is 0 Å². The Morgan fingerprint density at radius 2 is 1.95 bits per heavy atom. The number of amides is 3. The van der Waals surface area contributed by atoms with E-state index >= 15 is 0 Å². The minimum atomic E-state index is -0.433. The van der Waals surface area contributed by atoms with Crippen LogP contribution < -0.4 is 10.6 Å². The van der Waals surface area contributed by atoms with Crippen molar-refractivity contribution in [2.45, 2.75) is 89.5 Å². The molecule has 3 amide bonds. The Labute approximate surface area is 229 Å². The van der Waals surface area contributed by atoms with Crippen molar-refractivity contribution < 1.29 is 23.9 Å². The fourth-order valence-corrected chi connectivity index (χ4v) is 5.63. The number of ether oxygens (including phenoxy) is 2. The minimum absolute atomic E-state index is 0.0272. The van der Waals surface area contributed by atoms with E-state index in [1.807, 2.05) is 4.90 Å². The number of carbonyl (C=O) groups is 3. The van der Waals surface area contributed by atoms with Crippen molar-refractivity contribution in [3.05, 3.63) is 23.8 Å². The highest BCUT2D eigenvalue weighted by Gasteiger charge is 2.39. The van der Waals surface area contributed by atoms with Crippen LogP contribution in [0.5, 0.6) is 0 Å². The Morgan fingerprint density at radius 1 is 1.18 bits per heavy atom. The smallest absolute Gasteiger partial charge is 0.236 e. The molecule has 0 aromatic carbocycles. The van der Waals surface area contributed by atoms with E-state index in [2.05, 4.69) is 42.7 Å². The van der Waals surface area contributed by atoms with Crippen molar-refractivity contribution in [1.82, 2.24) is 20.4 Å². The second kappa shape index (κ2) is 16.7. The number of hydrogen-bond donors (Lipinski definition) is 2. The summed E-state index contributed by atoms with van der Waals surface area (Å²) in [5.41, 5.74) is 1.26. The third-order valence-electron chi connectivity index (χ3n) is 8.00. The lowest BCUT2D eigenvalue weighted by atomic mass is 9.90. The van der Waals surface area contributed by atoms with Crippen LogP contribution >= 0.6 is 0 Å². The number of nitrogens with zero attached hydrogens (tertiary/aromatic N) is 2. The van der Waals surface area contributed by atoms with Crippen LogP contribution in [0.1, 0.15) is 65.2 Å². The van der Waals surface area contributed by atoms with Gasteiger partial charge in [0, 0.05) is 34.4 Å². The molecule has 0 aromatic heterocycles. The molecule has 1 aliphatic carbocycles. The maximum atomic E-state index is 13.6. The molecule has 2 N–H and O–H groups in total. The molecule has 0 bridgehead atoms. The van der Waals surface area contributed by atoms with Gasteiger partial charge in [0.05, 0.1) is 43.7 Å². The van der Waals surface area contributed by atoms with Crippen molar-refractivity contribution in [1.29, 1.82) is 0 Å². The highest BCUT2D eigenvalue weighted by Crippen LogP contribution is 2.27. The quantitative estimate of drug-likeness (QED) is 0.316. The molecular weight excluding hydrogens is 484 g/mol. The molecule has 1 fully saturated rings. The van der Waals surface area contributed by atoms with Crippen LogP contribution in [0.15, 0.2) is 23.8 Å². The predicted octanol–water partition coefficient (Wildman–Crippen LogP) is 2.66. The Morgan fingerprint density at radius 3 is 2.55 bits per heavy atom. The summed E-state index contributed by atoms with van der Waals surface area (Å²) in [6, 6.07) is -0.389. The van der Waals surface area contributed by atoms with Gasteiger partial charge in [-0.3, -0.25) is 14.4 Å². The lowest BCUT2D eigenvalue weighted by Gasteiger charge is -2.39. The average Bonchev–Trinajstić information content (AvgIpc) is 3.41. The molecule has 2 aliphatic rings. The fraction of sp³-hybridized carbons (Fsp3) is 0.759. The van der Waals surface area contributed by atoms with E-state index < -0.39 is 6.10 Å². The van der Waals surface area contributed by atoms with Gasteiger partial charge in [-0.2, -0.15) is 0 Å². The summed E-state index contributed by atoms with van der Waals surface area (Å²) in [4.78, 5) is 42.5. The molecule has 1 heterocycles. The summed E-state index contributed by atoms with van der Waals surface area (Å²) < 4.78 is 11.6. The highest BCUT2D eigenvalue weighted by atomic mass is 16.5. The van der Waals surface area contributed by atoms with E-state index in [-0.39, 0.29) is 61.2 Å². The molecule has 2 rings (SSSR count). The molecule has 38 heavy (non-hydrogen) atoms. The SMILES string of the molecule is CCC(C)C(C(CC(=O)N1CCCC1C(CC(=O)NCCC1=CCCC=C1)OC)OC)N(C)C(=O)CNC. The van der Waals surface area contributed by atoms with E-state index in [0.717, 1.165) is 38.5 Å². The highest BCUT2D eigenvalue weighted by molar-refractivity contribution is 5.80. The topological polar surface area (TPSA) is 100 Å². The van der Waals surface area contributed by atoms with Crippen LogP contribution in [0.4, 0.5) is 0 Å². The van der Waals surface area contributed by atoms with Crippen LogP contribution in [0.25, 0.3) is 0 Å². The van der Waals surface area contributed by atoms with Crippen molar-refractivity contribution in [2.75, 3.05) is 47.9 Å². The first-order valence-corrected chi connectivity index (χ1v) is 14.1. The summed E-state index contributed by atoms with van der Waals surface area (Å²) in [6.07, 6.45) is 11.6. The normalized spacial score (nSPS) is 20.4. The zero-order valence-electron chi connectivity index (χ0n) is 24.3. The lowest BCUT2D eigenvalue weighted by molar-refractivity contribution is -0.144. The monoisotopic (exact) mass is 534 g/mol. The number of likely N-dealkylation sites (N-methyl/N-ethyl adjacent to an activating group) is 2. The number of likely N-dealkylation sites (tertiary alicyclic amines) is 1. The summed E-state index contributed by atoms with van der Waals surface area (Å²) in [6.45, 7) is 5.61. The first-order valence-electron chi connectivity index (χ1n) is 14.1. The van der Waals surface area contributed by atoms with Crippen molar-refractivity contribution in [2.24, 2.45) is 5.92 Å². The summed E-state index contributed by atoms with van der Waals surface area (Å²) in [5.74, 6) is 0.0317. The van der Waals surface area contributed by atoms with Gasteiger partial charge in [0.2, 0.25) is 17.7 Å². The number of allylic oxidation sites excluding steroid dienone is 3. The zero-order valence-corrected chi connectivity index (χ0v) is 24.3. The van der Waals surface area contributed by atoms with Crippen molar-refractivity contribution >= 4 is 17.7 Å². The summed E-state index contributed by atoms with van der Waals surface area (Å²) in [7, 11) is 6.74. The lowest BCUT2D eigenvalue weighted by Crippen LogP contribution is -2.53. The number of rotatable bonds is 16. The molecule has 0 radical (unpaired) electrons. The molecule has 216 valence electrons. The number of methoxy groups -OCH3 is 2. The van der Waals surface area contributed by atoms with Crippen LogP contribution in [-0.2, 0) is 23.9 Å². The van der Waals surface area contributed by atoms with Crippen LogP contribution in [0, 0.1) is 5.92 Å². The average molecular weight is 535 g/mol. The van der Waals surface area contributed by atoms with Crippen molar-refractivity contribution in [3.63, 3.8) is 0 Å². The molecular formula is C29H50N4O5. The molecule has 0 aromatic rings. The van der Waals surface area contributed by atoms with E-state index in [1.54, 1.807) is 33.2 Å². The first kappa shape index (κ1) is 32.0. The maximum absolute atomic E-state index is 13.6. The predicted molar refractivity (Wildman–Crippen MR) is 150 cm³/mol. The second-order valence-electron chi connectivity index (χ2n) is 10.5. The number of nitrogens with one attached hydrogen (secondary N) is 2. The van der Waals surface area contributed by atoms with Gasteiger partial charge >= 0.3 is 0 Å². The molecule has 0 spiro atoms. The molecule has 5 unspecified atom stereocenters. The van der Waals surface area contributed by atoms with Crippen molar-refractivity contribution in [3.8, 4) is 0 Å². The van der Waals surface area contributed by atoms with Gasteiger partial charge in [-0.25, -0.2) is 0 Å². The maximum Gasteiger partial charge on any atom is 0.236 e. The Bertz CT molecular complexity index is 830. The third-order valence-corrected chi connectivity index (χ3v) is 8.00. The molecule has 0 saturated carbocycles. The largest absolute Gasteiger partial charge is 0.379 e. The van der Waals surface area contributed by atoms with Gasteiger partial charge in [-0.05, 0) is 45.1 Å². The molecule has 9 heteroatoms. The van der Waals surface area contributed by atoms with Gasteiger partial charge in [-0.15, -0.1) is 0 Å².